The van der Waals surface area contributed by atoms with E-state index in [0.717, 1.165) is 19.5 Å². The van der Waals surface area contributed by atoms with Gasteiger partial charge in [0.1, 0.15) is 0 Å². The van der Waals surface area contributed by atoms with Crippen molar-refractivity contribution in [2.45, 2.75) is 25.7 Å². The van der Waals surface area contributed by atoms with Gasteiger partial charge in [0, 0.05) is 19.6 Å². The Morgan fingerprint density at radius 3 is 3.00 bits per heavy atom. The smallest absolute Gasteiger partial charge is 0.0171 e. The van der Waals surface area contributed by atoms with Crippen molar-refractivity contribution in [3.8, 4) is 0 Å². The van der Waals surface area contributed by atoms with E-state index in [1.54, 1.807) is 6.08 Å². The Hall–Kier alpha value is -0.860. The minimum atomic E-state index is 1.03. The fourth-order valence-electron chi connectivity index (χ4n) is 1.68. The van der Waals surface area contributed by atoms with Gasteiger partial charge in [-0.25, -0.2) is 5.01 Å². The van der Waals surface area contributed by atoms with Crippen molar-refractivity contribution >= 4 is 0 Å². The second-order valence-corrected chi connectivity index (χ2v) is 3.96. The number of allylic oxidation sites excluding steroid dienone is 3. The minimum absolute atomic E-state index is 1.03. The van der Waals surface area contributed by atoms with Gasteiger partial charge in [0.2, 0.25) is 0 Å². The largest absolute Gasteiger partial charge is 0.255 e. The van der Waals surface area contributed by atoms with Crippen molar-refractivity contribution < 1.29 is 0 Å². The maximum atomic E-state index is 4.01. The lowest BCUT2D eigenvalue weighted by atomic mass is 10.2. The fraction of sp³-hybridized carbons (Fsp3) is 0.538. The van der Waals surface area contributed by atoms with Gasteiger partial charge < -0.3 is 0 Å². The highest BCUT2D eigenvalue weighted by atomic mass is 15.5. The molecule has 0 aromatic carbocycles. The topological polar surface area (TPSA) is 15.3 Å². The number of hydrogen-bond donors (Lipinski definition) is 1. The zero-order chi connectivity index (χ0) is 10.9. The molecular formula is C13H22N2. The summed E-state index contributed by atoms with van der Waals surface area (Å²) in [7, 11) is 0. The summed E-state index contributed by atoms with van der Waals surface area (Å²) >= 11 is 0. The summed E-state index contributed by atoms with van der Waals surface area (Å²) in [4.78, 5) is 0. The Morgan fingerprint density at radius 1 is 1.33 bits per heavy atom. The first-order valence-electron chi connectivity index (χ1n) is 5.78. The molecule has 0 unspecified atom stereocenters. The summed E-state index contributed by atoms with van der Waals surface area (Å²) in [5.41, 5.74) is 4.61. The zero-order valence-corrected chi connectivity index (χ0v) is 9.54. The van der Waals surface area contributed by atoms with E-state index < -0.39 is 0 Å². The average Bonchev–Trinajstić information content (AvgIpc) is 2.51. The van der Waals surface area contributed by atoms with E-state index >= 15 is 0 Å². The molecule has 1 aliphatic heterocycles. The van der Waals surface area contributed by atoms with Gasteiger partial charge in [0.25, 0.3) is 0 Å². The molecule has 1 aliphatic rings. The Bertz CT molecular complexity index is 223. The molecule has 84 valence electrons. The number of nitrogens with one attached hydrogen (secondary N) is 1. The van der Waals surface area contributed by atoms with Gasteiger partial charge in [-0.05, 0) is 19.3 Å². The lowest BCUT2D eigenvalue weighted by Gasteiger charge is -2.20. The van der Waals surface area contributed by atoms with Crippen molar-refractivity contribution in [2.75, 3.05) is 19.6 Å². The molecule has 1 saturated heterocycles. The quantitative estimate of drug-likeness (QED) is 0.696. The Labute approximate surface area is 93.3 Å². The van der Waals surface area contributed by atoms with Crippen molar-refractivity contribution in [3.63, 3.8) is 0 Å². The standard InChI is InChI=1S/C13H22N2/c1-3-4-8-13(2)9-12-15-11-7-5-6-10-14-15/h3-4,8,14H,1-2,5-7,9-12H2. The van der Waals surface area contributed by atoms with Crippen molar-refractivity contribution in [1.29, 1.82) is 0 Å². The van der Waals surface area contributed by atoms with E-state index in [9.17, 15) is 0 Å². The molecule has 15 heavy (non-hydrogen) atoms. The summed E-state index contributed by atoms with van der Waals surface area (Å²) in [6.45, 7) is 11.0. The molecule has 1 fully saturated rings. The molecule has 0 aromatic rings. The molecule has 0 bridgehead atoms. The molecule has 0 aromatic heterocycles. The van der Waals surface area contributed by atoms with Crippen LogP contribution in [-0.4, -0.2) is 24.6 Å². The molecule has 2 heteroatoms. The van der Waals surface area contributed by atoms with Crippen LogP contribution in [0.3, 0.4) is 0 Å². The molecule has 1 heterocycles. The summed E-state index contributed by atoms with van der Waals surface area (Å²) in [6, 6.07) is 0. The van der Waals surface area contributed by atoms with Gasteiger partial charge in [-0.3, -0.25) is 5.43 Å². The van der Waals surface area contributed by atoms with Gasteiger partial charge in [-0.1, -0.05) is 43.4 Å². The van der Waals surface area contributed by atoms with Crippen LogP contribution < -0.4 is 5.43 Å². The molecule has 0 aliphatic carbocycles. The fourth-order valence-corrected chi connectivity index (χ4v) is 1.68. The predicted octanol–water partition coefficient (Wildman–Crippen LogP) is 2.67. The molecule has 0 radical (unpaired) electrons. The van der Waals surface area contributed by atoms with Gasteiger partial charge in [-0.15, -0.1) is 0 Å². The summed E-state index contributed by atoms with van der Waals surface area (Å²) in [5.74, 6) is 0. The number of hydrogen-bond acceptors (Lipinski definition) is 2. The molecule has 2 nitrogen and oxygen atoms in total. The van der Waals surface area contributed by atoms with Gasteiger partial charge in [0.15, 0.2) is 0 Å². The van der Waals surface area contributed by atoms with Crippen LogP contribution in [0, 0.1) is 0 Å². The molecule has 0 saturated carbocycles. The lowest BCUT2D eigenvalue weighted by Crippen LogP contribution is -2.38. The predicted molar refractivity (Wildman–Crippen MR) is 66.5 cm³/mol. The Kier molecular flexibility index (Phi) is 6.05. The van der Waals surface area contributed by atoms with Gasteiger partial charge >= 0.3 is 0 Å². The van der Waals surface area contributed by atoms with Crippen LogP contribution in [-0.2, 0) is 0 Å². The molecule has 1 rings (SSSR count). The van der Waals surface area contributed by atoms with Crippen molar-refractivity contribution in [1.82, 2.24) is 10.4 Å². The molecule has 0 spiro atoms. The van der Waals surface area contributed by atoms with Crippen LogP contribution in [0.4, 0.5) is 0 Å². The minimum Gasteiger partial charge on any atom is -0.255 e. The SMILES string of the molecule is C=CC=CC(=C)CCN1CCCCCN1. The Balaban J connectivity index is 2.19. The van der Waals surface area contributed by atoms with Crippen LogP contribution in [0.25, 0.3) is 0 Å². The van der Waals surface area contributed by atoms with E-state index in [2.05, 4.69) is 23.6 Å². The second kappa shape index (κ2) is 7.43. The molecule has 0 atom stereocenters. The molecular weight excluding hydrogens is 184 g/mol. The van der Waals surface area contributed by atoms with E-state index in [4.69, 9.17) is 0 Å². The third-order valence-electron chi connectivity index (χ3n) is 2.61. The van der Waals surface area contributed by atoms with Crippen LogP contribution in [0.1, 0.15) is 25.7 Å². The summed E-state index contributed by atoms with van der Waals surface area (Å²) in [5, 5.41) is 2.32. The summed E-state index contributed by atoms with van der Waals surface area (Å²) < 4.78 is 0. The zero-order valence-electron chi connectivity index (χ0n) is 9.54. The third-order valence-corrected chi connectivity index (χ3v) is 2.61. The maximum absolute atomic E-state index is 4.01. The van der Waals surface area contributed by atoms with Crippen LogP contribution >= 0.6 is 0 Å². The molecule has 1 N–H and O–H groups in total. The highest BCUT2D eigenvalue weighted by Crippen LogP contribution is 2.06. The van der Waals surface area contributed by atoms with E-state index in [0.29, 0.717) is 0 Å². The van der Waals surface area contributed by atoms with Gasteiger partial charge in [-0.2, -0.15) is 0 Å². The first-order chi connectivity index (χ1) is 7.33. The average molecular weight is 206 g/mol. The highest BCUT2D eigenvalue weighted by Gasteiger charge is 2.07. The second-order valence-electron chi connectivity index (χ2n) is 3.96. The van der Waals surface area contributed by atoms with Crippen LogP contribution in [0.15, 0.2) is 37.0 Å². The van der Waals surface area contributed by atoms with E-state index in [-0.39, 0.29) is 0 Å². The first-order valence-corrected chi connectivity index (χ1v) is 5.78. The number of rotatable bonds is 5. The third kappa shape index (κ3) is 5.55. The monoisotopic (exact) mass is 206 g/mol. The molecule has 0 amide bonds. The Morgan fingerprint density at radius 2 is 2.20 bits per heavy atom. The van der Waals surface area contributed by atoms with Crippen molar-refractivity contribution in [3.05, 3.63) is 37.0 Å². The first kappa shape index (κ1) is 12.2. The van der Waals surface area contributed by atoms with E-state index in [1.165, 1.54) is 31.4 Å². The highest BCUT2D eigenvalue weighted by molar-refractivity contribution is 5.18. The van der Waals surface area contributed by atoms with Gasteiger partial charge in [0.05, 0.1) is 0 Å². The van der Waals surface area contributed by atoms with Crippen LogP contribution in [0.2, 0.25) is 0 Å². The lowest BCUT2D eigenvalue weighted by molar-refractivity contribution is 0.204. The number of nitrogens with zero attached hydrogens (tertiary/aromatic N) is 1. The van der Waals surface area contributed by atoms with E-state index in [1.807, 2.05) is 12.2 Å². The van der Waals surface area contributed by atoms with Crippen molar-refractivity contribution in [2.24, 2.45) is 0 Å². The normalized spacial score (nSPS) is 18.9. The number of hydrazine groups is 1. The maximum Gasteiger partial charge on any atom is 0.0171 e. The summed E-state index contributed by atoms with van der Waals surface area (Å²) in [6.07, 6.45) is 10.7. The van der Waals surface area contributed by atoms with Crippen LogP contribution in [0.5, 0.6) is 0 Å².